The van der Waals surface area contributed by atoms with Crippen molar-refractivity contribution in [1.82, 2.24) is 0 Å². The zero-order valence-electron chi connectivity index (χ0n) is 12.5. The topological polar surface area (TPSA) is 69.4 Å². The third-order valence-corrected chi connectivity index (χ3v) is 3.33. The number of nitrogens with zero attached hydrogens (tertiary/aromatic N) is 1. The van der Waals surface area contributed by atoms with E-state index in [0.717, 1.165) is 11.8 Å². The first kappa shape index (κ1) is 15.7. The van der Waals surface area contributed by atoms with Gasteiger partial charge in [-0.05, 0) is 29.8 Å². The average molecular weight is 299 g/mol. The zero-order chi connectivity index (χ0) is 16.2. The summed E-state index contributed by atoms with van der Waals surface area (Å²) in [7, 11) is 0. The number of benzene rings is 2. The molecule has 0 unspecified atom stereocenters. The number of para-hydroxylation sites is 1. The molecule has 0 saturated heterocycles. The summed E-state index contributed by atoms with van der Waals surface area (Å²) in [5.74, 6) is 1.06. The van der Waals surface area contributed by atoms with Crippen LogP contribution >= 0.6 is 0 Å². The number of rotatable bonds is 6. The van der Waals surface area contributed by atoms with Gasteiger partial charge in [-0.25, -0.2) is 0 Å². The van der Waals surface area contributed by atoms with Crippen molar-refractivity contribution in [3.05, 3.63) is 69.8 Å². The Bertz CT molecular complexity index is 677. The van der Waals surface area contributed by atoms with Gasteiger partial charge in [0.25, 0.3) is 0 Å². The standard InChI is InChI=1S/C17H17NO4/c1-17(2,18(20)21)11-13-7-9-15(10-8-13)22-16-6-4-3-5-14(16)12-19/h3-10,12H,11H2,1-2H3. The lowest BCUT2D eigenvalue weighted by molar-refractivity contribution is -0.560. The van der Waals surface area contributed by atoms with Crippen molar-refractivity contribution < 1.29 is 14.5 Å². The molecule has 0 radical (unpaired) electrons. The van der Waals surface area contributed by atoms with E-state index in [1.807, 2.05) is 0 Å². The highest BCUT2D eigenvalue weighted by Crippen LogP contribution is 2.25. The van der Waals surface area contributed by atoms with Crippen LogP contribution in [0.15, 0.2) is 48.5 Å². The summed E-state index contributed by atoms with van der Waals surface area (Å²) in [6.07, 6.45) is 1.08. The van der Waals surface area contributed by atoms with E-state index in [4.69, 9.17) is 4.74 Å². The van der Waals surface area contributed by atoms with E-state index in [9.17, 15) is 14.9 Å². The van der Waals surface area contributed by atoms with Crippen molar-refractivity contribution in [3.63, 3.8) is 0 Å². The van der Waals surface area contributed by atoms with Crippen LogP contribution in [0, 0.1) is 10.1 Å². The van der Waals surface area contributed by atoms with Crippen LogP contribution in [-0.2, 0) is 6.42 Å². The van der Waals surface area contributed by atoms with Gasteiger partial charge in [0.1, 0.15) is 11.5 Å². The molecule has 0 spiro atoms. The Balaban J connectivity index is 2.12. The monoisotopic (exact) mass is 299 g/mol. The summed E-state index contributed by atoms with van der Waals surface area (Å²) in [5.41, 5.74) is 0.325. The van der Waals surface area contributed by atoms with Gasteiger partial charge < -0.3 is 4.74 Å². The Morgan fingerprint density at radius 1 is 1.14 bits per heavy atom. The molecule has 0 N–H and O–H groups in total. The first-order chi connectivity index (χ1) is 10.4. The third-order valence-electron chi connectivity index (χ3n) is 3.33. The molecule has 0 amide bonds. The summed E-state index contributed by atoms with van der Waals surface area (Å²) in [6, 6.07) is 14.0. The van der Waals surface area contributed by atoms with Crippen molar-refractivity contribution in [2.24, 2.45) is 0 Å². The largest absolute Gasteiger partial charge is 0.457 e. The highest BCUT2D eigenvalue weighted by molar-refractivity contribution is 5.79. The van der Waals surface area contributed by atoms with Crippen LogP contribution in [0.25, 0.3) is 0 Å². The fourth-order valence-electron chi connectivity index (χ4n) is 2.04. The van der Waals surface area contributed by atoms with Gasteiger partial charge in [-0.3, -0.25) is 14.9 Å². The van der Waals surface area contributed by atoms with E-state index < -0.39 is 5.54 Å². The van der Waals surface area contributed by atoms with E-state index in [1.165, 1.54) is 0 Å². The molecule has 0 aliphatic carbocycles. The Labute approximate surface area is 128 Å². The van der Waals surface area contributed by atoms with Gasteiger partial charge in [0, 0.05) is 25.2 Å². The fourth-order valence-corrected chi connectivity index (χ4v) is 2.04. The Hall–Kier alpha value is -2.69. The molecule has 5 heteroatoms. The zero-order valence-corrected chi connectivity index (χ0v) is 12.5. The predicted molar refractivity (Wildman–Crippen MR) is 83.1 cm³/mol. The van der Waals surface area contributed by atoms with Crippen molar-refractivity contribution in [2.75, 3.05) is 0 Å². The molecule has 0 aromatic heterocycles. The molecule has 5 nitrogen and oxygen atoms in total. The third kappa shape index (κ3) is 3.69. The summed E-state index contributed by atoms with van der Waals surface area (Å²) in [4.78, 5) is 21.6. The minimum atomic E-state index is -1.01. The number of nitro groups is 1. The average Bonchev–Trinajstić information content (AvgIpc) is 2.49. The lowest BCUT2D eigenvalue weighted by Gasteiger charge is -2.15. The highest BCUT2D eigenvalue weighted by Gasteiger charge is 2.30. The van der Waals surface area contributed by atoms with Crippen molar-refractivity contribution in [1.29, 1.82) is 0 Å². The van der Waals surface area contributed by atoms with Crippen LogP contribution < -0.4 is 4.74 Å². The second-order valence-electron chi connectivity index (χ2n) is 5.65. The smallest absolute Gasteiger partial charge is 0.220 e. The molecule has 114 valence electrons. The van der Waals surface area contributed by atoms with Crippen LogP contribution in [0.2, 0.25) is 0 Å². The normalized spacial score (nSPS) is 11.0. The second-order valence-corrected chi connectivity index (χ2v) is 5.65. The van der Waals surface area contributed by atoms with Gasteiger partial charge in [-0.1, -0.05) is 24.3 Å². The quantitative estimate of drug-likeness (QED) is 0.461. The molecule has 0 bridgehead atoms. The van der Waals surface area contributed by atoms with Gasteiger partial charge in [0.2, 0.25) is 5.54 Å². The first-order valence-electron chi connectivity index (χ1n) is 6.88. The van der Waals surface area contributed by atoms with Gasteiger partial charge >= 0.3 is 0 Å². The maximum atomic E-state index is 11.0. The van der Waals surface area contributed by atoms with Gasteiger partial charge in [-0.15, -0.1) is 0 Å². The summed E-state index contributed by atoms with van der Waals surface area (Å²) >= 11 is 0. The minimum absolute atomic E-state index is 0.280. The molecule has 2 aromatic rings. The number of carbonyl (C=O) groups excluding carboxylic acids is 1. The van der Waals surface area contributed by atoms with E-state index in [2.05, 4.69) is 0 Å². The van der Waals surface area contributed by atoms with E-state index in [0.29, 0.717) is 23.5 Å². The lowest BCUT2D eigenvalue weighted by Crippen LogP contribution is -2.33. The molecule has 2 rings (SSSR count). The Morgan fingerprint density at radius 2 is 1.77 bits per heavy atom. The van der Waals surface area contributed by atoms with Crippen molar-refractivity contribution in [3.8, 4) is 11.5 Å². The molecule has 22 heavy (non-hydrogen) atoms. The summed E-state index contributed by atoms with van der Waals surface area (Å²) in [5, 5.41) is 11.0. The molecule has 0 heterocycles. The van der Waals surface area contributed by atoms with Gasteiger partial charge in [-0.2, -0.15) is 0 Å². The molecular formula is C17H17NO4. The number of hydrogen-bond donors (Lipinski definition) is 0. The van der Waals surface area contributed by atoms with Gasteiger partial charge in [0.15, 0.2) is 6.29 Å². The van der Waals surface area contributed by atoms with E-state index in [-0.39, 0.29) is 4.92 Å². The van der Waals surface area contributed by atoms with Crippen LogP contribution in [0.4, 0.5) is 0 Å². The molecule has 0 saturated carbocycles. The molecule has 0 aliphatic heterocycles. The SMILES string of the molecule is CC(C)(Cc1ccc(Oc2ccccc2C=O)cc1)[N+](=O)[O-]. The molecule has 0 aliphatic rings. The van der Waals surface area contributed by atoms with Crippen LogP contribution in [0.5, 0.6) is 11.5 Å². The highest BCUT2D eigenvalue weighted by atomic mass is 16.6. The predicted octanol–water partition coefficient (Wildman–Crippen LogP) is 3.89. The van der Waals surface area contributed by atoms with Crippen molar-refractivity contribution >= 4 is 6.29 Å². The molecule has 0 atom stereocenters. The maximum absolute atomic E-state index is 11.0. The Morgan fingerprint density at radius 3 is 2.36 bits per heavy atom. The second kappa shape index (κ2) is 6.39. The van der Waals surface area contributed by atoms with E-state index in [1.54, 1.807) is 62.4 Å². The number of carbonyl (C=O) groups is 1. The maximum Gasteiger partial charge on any atom is 0.220 e. The van der Waals surface area contributed by atoms with Crippen LogP contribution in [0.3, 0.4) is 0 Å². The first-order valence-corrected chi connectivity index (χ1v) is 6.88. The van der Waals surface area contributed by atoms with E-state index >= 15 is 0 Å². The molecule has 0 fully saturated rings. The minimum Gasteiger partial charge on any atom is -0.457 e. The number of ether oxygens (including phenoxy) is 1. The number of aldehydes is 1. The summed E-state index contributed by atoms with van der Waals surface area (Å²) < 4.78 is 5.67. The number of hydrogen-bond acceptors (Lipinski definition) is 4. The Kier molecular flexibility index (Phi) is 4.56. The summed E-state index contributed by atoms with van der Waals surface area (Å²) in [6.45, 7) is 3.19. The van der Waals surface area contributed by atoms with Crippen LogP contribution in [-0.4, -0.2) is 16.7 Å². The fraction of sp³-hybridized carbons (Fsp3) is 0.235. The molecule has 2 aromatic carbocycles. The van der Waals surface area contributed by atoms with Crippen LogP contribution in [0.1, 0.15) is 29.8 Å². The molecular weight excluding hydrogens is 282 g/mol. The van der Waals surface area contributed by atoms with Gasteiger partial charge in [0.05, 0.1) is 5.56 Å². The van der Waals surface area contributed by atoms with Crippen molar-refractivity contribution in [2.45, 2.75) is 25.8 Å². The lowest BCUT2D eigenvalue weighted by atomic mass is 9.96.